The van der Waals surface area contributed by atoms with Gasteiger partial charge in [-0.2, -0.15) is 0 Å². The smallest absolute Gasteiger partial charge is 0.0480 e. The second kappa shape index (κ2) is 8.80. The van der Waals surface area contributed by atoms with E-state index >= 15 is 0 Å². The highest BCUT2D eigenvalue weighted by Gasteiger charge is 1.99. The maximum absolute atomic E-state index is 3.56. The van der Waals surface area contributed by atoms with Crippen LogP contribution in [-0.4, -0.2) is 17.7 Å². The molecule has 0 spiro atoms. The van der Waals surface area contributed by atoms with E-state index < -0.39 is 0 Å². The van der Waals surface area contributed by atoms with Crippen LogP contribution in [0.4, 0.5) is 0 Å². The summed E-state index contributed by atoms with van der Waals surface area (Å²) < 4.78 is 2.36. The van der Waals surface area contributed by atoms with Crippen molar-refractivity contribution in [3.63, 3.8) is 0 Å². The molecule has 0 aliphatic heterocycles. The van der Waals surface area contributed by atoms with Gasteiger partial charge in [0.15, 0.2) is 0 Å². The van der Waals surface area contributed by atoms with Gasteiger partial charge in [-0.25, -0.2) is 0 Å². The lowest BCUT2D eigenvalue weighted by molar-refractivity contribution is 0.553. The number of rotatable bonds is 10. The van der Waals surface area contributed by atoms with Crippen LogP contribution in [-0.2, 0) is 6.54 Å². The van der Waals surface area contributed by atoms with E-state index in [2.05, 4.69) is 53.3 Å². The summed E-state index contributed by atoms with van der Waals surface area (Å²) in [7, 11) is 0. The Labute approximate surface area is 123 Å². The van der Waals surface area contributed by atoms with Gasteiger partial charge in [0.25, 0.3) is 0 Å². The van der Waals surface area contributed by atoms with Crippen molar-refractivity contribution >= 4 is 10.9 Å². The second-order valence-electron chi connectivity index (χ2n) is 5.59. The van der Waals surface area contributed by atoms with E-state index in [0.29, 0.717) is 0 Å². The van der Waals surface area contributed by atoms with Gasteiger partial charge in [-0.3, -0.25) is 0 Å². The predicted octanol–water partition coefficient (Wildman–Crippen LogP) is 4.59. The first kappa shape index (κ1) is 15.1. The third-order valence-corrected chi connectivity index (χ3v) is 3.89. The molecule has 0 amide bonds. The van der Waals surface area contributed by atoms with E-state index in [0.717, 1.165) is 13.1 Å². The summed E-state index contributed by atoms with van der Waals surface area (Å²) in [6, 6.07) is 10.8. The number of fused-ring (bicyclic) bond motifs is 1. The van der Waals surface area contributed by atoms with Crippen molar-refractivity contribution in [1.82, 2.24) is 9.88 Å². The third kappa shape index (κ3) is 4.68. The van der Waals surface area contributed by atoms with Gasteiger partial charge in [-0.15, -0.1) is 0 Å². The van der Waals surface area contributed by atoms with Crippen LogP contribution in [0.15, 0.2) is 36.5 Å². The molecule has 0 unspecified atom stereocenters. The van der Waals surface area contributed by atoms with Gasteiger partial charge in [0.1, 0.15) is 0 Å². The maximum atomic E-state index is 3.56. The molecule has 20 heavy (non-hydrogen) atoms. The molecule has 2 heteroatoms. The molecule has 0 fully saturated rings. The topological polar surface area (TPSA) is 17.0 Å². The molecule has 0 saturated carbocycles. The van der Waals surface area contributed by atoms with E-state index in [1.54, 1.807) is 0 Å². The Morgan fingerprint density at radius 2 is 1.70 bits per heavy atom. The molecule has 2 rings (SSSR count). The van der Waals surface area contributed by atoms with Crippen LogP contribution < -0.4 is 5.32 Å². The summed E-state index contributed by atoms with van der Waals surface area (Å²) in [5.41, 5.74) is 1.35. The molecule has 0 radical (unpaired) electrons. The van der Waals surface area contributed by atoms with Gasteiger partial charge in [-0.05, 0) is 43.5 Å². The fourth-order valence-electron chi connectivity index (χ4n) is 2.69. The molecule has 1 N–H and O–H groups in total. The molecule has 1 aromatic heterocycles. The lowest BCUT2D eigenvalue weighted by atomic mass is 10.1. The van der Waals surface area contributed by atoms with Crippen molar-refractivity contribution in [2.45, 2.75) is 52.0 Å². The number of hydrogen-bond donors (Lipinski definition) is 1. The Balaban J connectivity index is 1.57. The monoisotopic (exact) mass is 272 g/mol. The molecule has 110 valence electrons. The lowest BCUT2D eigenvalue weighted by Crippen LogP contribution is -2.18. The molecule has 2 nitrogen and oxygen atoms in total. The van der Waals surface area contributed by atoms with Crippen LogP contribution in [0, 0.1) is 0 Å². The Morgan fingerprint density at radius 1 is 0.900 bits per heavy atom. The first-order valence-electron chi connectivity index (χ1n) is 8.16. The highest BCUT2D eigenvalue weighted by Crippen LogP contribution is 2.15. The first-order chi connectivity index (χ1) is 9.92. The summed E-state index contributed by atoms with van der Waals surface area (Å²) in [5.74, 6) is 0. The molecular weight excluding hydrogens is 244 g/mol. The summed E-state index contributed by atoms with van der Waals surface area (Å²) in [5, 5.41) is 4.90. The van der Waals surface area contributed by atoms with Crippen LogP contribution in [0.25, 0.3) is 10.9 Å². The zero-order valence-electron chi connectivity index (χ0n) is 12.8. The summed E-state index contributed by atoms with van der Waals surface area (Å²) in [6.45, 7) is 5.68. The Bertz CT molecular complexity index is 487. The van der Waals surface area contributed by atoms with Gasteiger partial charge in [0.05, 0.1) is 0 Å². The molecule has 0 saturated heterocycles. The average molecular weight is 272 g/mol. The van der Waals surface area contributed by atoms with E-state index in [9.17, 15) is 0 Å². The van der Waals surface area contributed by atoms with E-state index in [-0.39, 0.29) is 0 Å². The lowest BCUT2D eigenvalue weighted by Gasteiger charge is -2.07. The number of hydrogen-bond acceptors (Lipinski definition) is 1. The molecule has 0 aliphatic rings. The number of nitrogens with zero attached hydrogens (tertiary/aromatic N) is 1. The molecular formula is C18H28N2. The van der Waals surface area contributed by atoms with Crippen molar-refractivity contribution < 1.29 is 0 Å². The normalized spacial score (nSPS) is 11.2. The molecule has 1 heterocycles. The Hall–Kier alpha value is -1.28. The summed E-state index contributed by atoms with van der Waals surface area (Å²) in [6.07, 6.45) is 10.2. The number of aryl methyl sites for hydroxylation is 1. The number of unbranched alkanes of at least 4 members (excludes halogenated alkanes) is 4. The number of para-hydroxylation sites is 1. The first-order valence-corrected chi connectivity index (χ1v) is 8.16. The van der Waals surface area contributed by atoms with Crippen LogP contribution >= 0.6 is 0 Å². The highest BCUT2D eigenvalue weighted by atomic mass is 15.0. The van der Waals surface area contributed by atoms with Gasteiger partial charge >= 0.3 is 0 Å². The number of aromatic nitrogens is 1. The van der Waals surface area contributed by atoms with Crippen LogP contribution in [0.3, 0.4) is 0 Å². The fraction of sp³-hybridized carbons (Fsp3) is 0.556. The average Bonchev–Trinajstić information content (AvgIpc) is 2.89. The quantitative estimate of drug-likeness (QED) is 0.626. The van der Waals surface area contributed by atoms with Crippen molar-refractivity contribution in [3.8, 4) is 0 Å². The molecule has 0 atom stereocenters. The van der Waals surface area contributed by atoms with Gasteiger partial charge in [-0.1, -0.05) is 50.8 Å². The minimum absolute atomic E-state index is 1.11. The molecule has 2 aromatic rings. The summed E-state index contributed by atoms with van der Waals surface area (Å²) >= 11 is 0. The van der Waals surface area contributed by atoms with Crippen molar-refractivity contribution in [2.75, 3.05) is 13.1 Å². The minimum atomic E-state index is 1.11. The largest absolute Gasteiger partial charge is 0.347 e. The SMILES string of the molecule is CCCCCCCNCCCn1ccc2ccccc21. The second-order valence-corrected chi connectivity index (χ2v) is 5.59. The van der Waals surface area contributed by atoms with E-state index in [1.165, 1.54) is 56.0 Å². The predicted molar refractivity (Wildman–Crippen MR) is 88.2 cm³/mol. The zero-order chi connectivity index (χ0) is 14.0. The maximum Gasteiger partial charge on any atom is 0.0480 e. The van der Waals surface area contributed by atoms with Gasteiger partial charge in [0, 0.05) is 18.3 Å². The Kier molecular flexibility index (Phi) is 6.65. The summed E-state index contributed by atoms with van der Waals surface area (Å²) in [4.78, 5) is 0. The van der Waals surface area contributed by atoms with Gasteiger partial charge < -0.3 is 9.88 Å². The number of nitrogens with one attached hydrogen (secondary N) is 1. The molecule has 0 bridgehead atoms. The Morgan fingerprint density at radius 3 is 2.60 bits per heavy atom. The minimum Gasteiger partial charge on any atom is -0.347 e. The van der Waals surface area contributed by atoms with Crippen molar-refractivity contribution in [1.29, 1.82) is 0 Å². The van der Waals surface area contributed by atoms with Crippen molar-refractivity contribution in [3.05, 3.63) is 36.5 Å². The van der Waals surface area contributed by atoms with Gasteiger partial charge in [0.2, 0.25) is 0 Å². The van der Waals surface area contributed by atoms with Crippen LogP contribution in [0.5, 0.6) is 0 Å². The zero-order valence-corrected chi connectivity index (χ0v) is 12.8. The van der Waals surface area contributed by atoms with Crippen LogP contribution in [0.2, 0.25) is 0 Å². The van der Waals surface area contributed by atoms with E-state index in [1.807, 2.05) is 0 Å². The number of benzene rings is 1. The van der Waals surface area contributed by atoms with Crippen LogP contribution in [0.1, 0.15) is 45.4 Å². The molecule has 0 aliphatic carbocycles. The van der Waals surface area contributed by atoms with E-state index in [4.69, 9.17) is 0 Å². The fourth-order valence-corrected chi connectivity index (χ4v) is 2.69. The molecule has 1 aromatic carbocycles. The highest BCUT2D eigenvalue weighted by molar-refractivity contribution is 5.79. The third-order valence-electron chi connectivity index (χ3n) is 3.89. The van der Waals surface area contributed by atoms with Crippen molar-refractivity contribution in [2.24, 2.45) is 0 Å². The standard InChI is InChI=1S/C18H28N2/c1-2-3-4-5-8-13-19-14-9-15-20-16-12-17-10-6-7-11-18(17)20/h6-7,10-12,16,19H,2-5,8-9,13-15H2,1H3.